The van der Waals surface area contributed by atoms with Gasteiger partial charge in [0.1, 0.15) is 5.75 Å². The molecule has 0 spiro atoms. The highest BCUT2D eigenvalue weighted by molar-refractivity contribution is 7.22. The molecule has 2 aromatic carbocycles. The Morgan fingerprint density at radius 1 is 1.07 bits per heavy atom. The summed E-state index contributed by atoms with van der Waals surface area (Å²) in [7, 11) is 0. The van der Waals surface area contributed by atoms with E-state index >= 15 is 0 Å². The summed E-state index contributed by atoms with van der Waals surface area (Å²) in [4.78, 5) is 22.1. The largest absolute Gasteiger partial charge is 0.494 e. The third-order valence-corrected chi connectivity index (χ3v) is 6.04. The van der Waals surface area contributed by atoms with Crippen LogP contribution in [0.4, 0.5) is 5.13 Å². The number of likely N-dealkylation sites (N-methyl/N-ethyl adjacent to an activating group) is 1. The van der Waals surface area contributed by atoms with Crippen LogP contribution in [0.5, 0.6) is 5.75 Å². The van der Waals surface area contributed by atoms with Crippen LogP contribution < -0.4 is 9.64 Å². The van der Waals surface area contributed by atoms with Gasteiger partial charge in [0, 0.05) is 23.7 Å². The molecule has 3 aromatic rings. The zero-order valence-electron chi connectivity index (χ0n) is 17.0. The lowest BCUT2D eigenvalue weighted by molar-refractivity contribution is 0.0983. The van der Waals surface area contributed by atoms with Crippen molar-refractivity contribution in [1.82, 2.24) is 9.88 Å². The molecular formula is C22H26ClN3O2S. The lowest BCUT2D eigenvalue weighted by Gasteiger charge is -2.24. The molecule has 5 nitrogen and oxygen atoms in total. The molecule has 29 heavy (non-hydrogen) atoms. The topological polar surface area (TPSA) is 45.7 Å². The van der Waals surface area contributed by atoms with E-state index in [1.165, 1.54) is 11.3 Å². The minimum atomic E-state index is -0.0645. The van der Waals surface area contributed by atoms with Gasteiger partial charge in [-0.2, -0.15) is 0 Å². The van der Waals surface area contributed by atoms with E-state index in [0.29, 0.717) is 28.9 Å². The Labute approximate surface area is 180 Å². The molecule has 1 heterocycles. The quantitative estimate of drug-likeness (QED) is 0.459. The van der Waals surface area contributed by atoms with Crippen LogP contribution in [0.3, 0.4) is 0 Å². The maximum absolute atomic E-state index is 13.4. The number of carbonyl (C=O) groups is 1. The van der Waals surface area contributed by atoms with Gasteiger partial charge in [0.05, 0.1) is 16.8 Å². The first-order chi connectivity index (χ1) is 14.0. The van der Waals surface area contributed by atoms with Gasteiger partial charge in [-0.05, 0) is 62.5 Å². The molecular weight excluding hydrogens is 406 g/mol. The summed E-state index contributed by atoms with van der Waals surface area (Å²) in [6.07, 6.45) is 0. The van der Waals surface area contributed by atoms with Crippen molar-refractivity contribution in [2.24, 2.45) is 0 Å². The minimum Gasteiger partial charge on any atom is -0.494 e. The highest BCUT2D eigenvalue weighted by Crippen LogP contribution is 2.31. The molecule has 0 aliphatic heterocycles. The Hall–Kier alpha value is -2.15. The number of ether oxygens (including phenoxy) is 1. The summed E-state index contributed by atoms with van der Waals surface area (Å²) in [5, 5.41) is 1.36. The molecule has 0 fully saturated rings. The standard InChI is InChI=1S/C22H26ClN3O2S/c1-4-25(5-2)13-14-26(21(27)16-7-10-18(11-8-16)28-6-3)22-24-19-12-9-17(23)15-20(19)29-22/h7-12,15H,4-6,13-14H2,1-3H3. The second kappa shape index (κ2) is 10.1. The van der Waals surface area contributed by atoms with Gasteiger partial charge in [0.25, 0.3) is 5.91 Å². The van der Waals surface area contributed by atoms with Gasteiger partial charge in [0.15, 0.2) is 5.13 Å². The number of benzene rings is 2. The molecule has 3 rings (SSSR count). The maximum Gasteiger partial charge on any atom is 0.260 e. The smallest absolute Gasteiger partial charge is 0.260 e. The van der Waals surface area contributed by atoms with Crippen LogP contribution in [0, 0.1) is 0 Å². The number of hydrogen-bond acceptors (Lipinski definition) is 5. The molecule has 0 saturated carbocycles. The summed E-state index contributed by atoms with van der Waals surface area (Å²) in [5.41, 5.74) is 1.46. The summed E-state index contributed by atoms with van der Waals surface area (Å²) in [6.45, 7) is 10.0. The van der Waals surface area contributed by atoms with Gasteiger partial charge in [-0.3, -0.25) is 9.69 Å². The molecule has 7 heteroatoms. The summed E-state index contributed by atoms with van der Waals surface area (Å²) < 4.78 is 6.46. The lowest BCUT2D eigenvalue weighted by Crippen LogP contribution is -2.38. The third-order valence-electron chi connectivity index (χ3n) is 4.76. The fourth-order valence-corrected chi connectivity index (χ4v) is 4.35. The van der Waals surface area contributed by atoms with Gasteiger partial charge in [-0.25, -0.2) is 4.98 Å². The number of aromatic nitrogens is 1. The average molecular weight is 432 g/mol. The van der Waals surface area contributed by atoms with E-state index in [1.54, 1.807) is 4.90 Å². The van der Waals surface area contributed by atoms with Crippen molar-refractivity contribution in [3.8, 4) is 5.75 Å². The van der Waals surface area contributed by atoms with Gasteiger partial charge in [0.2, 0.25) is 0 Å². The normalized spacial score (nSPS) is 11.2. The molecule has 0 N–H and O–H groups in total. The molecule has 0 saturated heterocycles. The van der Waals surface area contributed by atoms with E-state index in [-0.39, 0.29) is 5.91 Å². The van der Waals surface area contributed by atoms with Crippen LogP contribution in [0.2, 0.25) is 5.02 Å². The van der Waals surface area contributed by atoms with Crippen molar-refractivity contribution >= 4 is 44.2 Å². The van der Waals surface area contributed by atoms with Gasteiger partial charge < -0.3 is 9.64 Å². The Morgan fingerprint density at radius 2 is 1.79 bits per heavy atom. The molecule has 1 aromatic heterocycles. The molecule has 1 amide bonds. The number of carbonyl (C=O) groups excluding carboxylic acids is 1. The first kappa shape index (κ1) is 21.6. The van der Waals surface area contributed by atoms with Gasteiger partial charge in [-0.15, -0.1) is 0 Å². The number of hydrogen-bond donors (Lipinski definition) is 0. The molecule has 0 aliphatic carbocycles. The Kier molecular flexibility index (Phi) is 7.47. The highest BCUT2D eigenvalue weighted by Gasteiger charge is 2.22. The number of fused-ring (bicyclic) bond motifs is 1. The third kappa shape index (κ3) is 5.26. The second-order valence-corrected chi connectivity index (χ2v) is 8.00. The maximum atomic E-state index is 13.4. The molecule has 154 valence electrons. The van der Waals surface area contributed by atoms with Crippen molar-refractivity contribution in [3.05, 3.63) is 53.1 Å². The fourth-order valence-electron chi connectivity index (χ4n) is 3.08. The number of nitrogens with zero attached hydrogens (tertiary/aromatic N) is 3. The number of rotatable bonds is 9. The Bertz CT molecular complexity index is 954. The lowest BCUT2D eigenvalue weighted by atomic mass is 10.2. The molecule has 0 atom stereocenters. The first-order valence-electron chi connectivity index (χ1n) is 9.88. The SMILES string of the molecule is CCOc1ccc(C(=O)N(CCN(CC)CC)c2nc3ccc(Cl)cc3s2)cc1. The van der Waals surface area contributed by atoms with E-state index in [9.17, 15) is 4.79 Å². The average Bonchev–Trinajstić information content (AvgIpc) is 3.14. The van der Waals surface area contributed by atoms with Crippen LogP contribution in [-0.4, -0.2) is 48.6 Å². The van der Waals surface area contributed by atoms with E-state index < -0.39 is 0 Å². The second-order valence-electron chi connectivity index (χ2n) is 6.55. The Morgan fingerprint density at radius 3 is 2.45 bits per heavy atom. The zero-order valence-corrected chi connectivity index (χ0v) is 18.6. The van der Waals surface area contributed by atoms with E-state index in [4.69, 9.17) is 21.3 Å². The molecule has 0 bridgehead atoms. The summed E-state index contributed by atoms with van der Waals surface area (Å²) in [6, 6.07) is 12.9. The highest BCUT2D eigenvalue weighted by atomic mass is 35.5. The summed E-state index contributed by atoms with van der Waals surface area (Å²) in [5.74, 6) is 0.693. The number of amides is 1. The van der Waals surface area contributed by atoms with Crippen LogP contribution in [0.25, 0.3) is 10.2 Å². The van der Waals surface area contributed by atoms with Gasteiger partial charge >= 0.3 is 0 Å². The number of anilines is 1. The molecule has 0 unspecified atom stereocenters. The van der Waals surface area contributed by atoms with E-state index in [0.717, 1.165) is 35.6 Å². The van der Waals surface area contributed by atoms with Crippen molar-refractivity contribution < 1.29 is 9.53 Å². The number of halogens is 1. The van der Waals surface area contributed by atoms with Crippen molar-refractivity contribution in [1.29, 1.82) is 0 Å². The monoisotopic (exact) mass is 431 g/mol. The summed E-state index contributed by atoms with van der Waals surface area (Å²) >= 11 is 7.61. The van der Waals surface area contributed by atoms with E-state index in [1.807, 2.05) is 49.4 Å². The van der Waals surface area contributed by atoms with Crippen molar-refractivity contribution in [3.63, 3.8) is 0 Å². The predicted molar refractivity (Wildman–Crippen MR) is 122 cm³/mol. The Balaban J connectivity index is 1.91. The van der Waals surface area contributed by atoms with Crippen LogP contribution in [-0.2, 0) is 0 Å². The van der Waals surface area contributed by atoms with Crippen LogP contribution in [0.15, 0.2) is 42.5 Å². The first-order valence-corrected chi connectivity index (χ1v) is 11.1. The molecule has 0 aliphatic rings. The fraction of sp³-hybridized carbons (Fsp3) is 0.364. The van der Waals surface area contributed by atoms with Crippen molar-refractivity contribution in [2.75, 3.05) is 37.7 Å². The van der Waals surface area contributed by atoms with Crippen molar-refractivity contribution in [2.45, 2.75) is 20.8 Å². The number of thiazole rings is 1. The minimum absolute atomic E-state index is 0.0645. The van der Waals surface area contributed by atoms with E-state index in [2.05, 4.69) is 18.7 Å². The van der Waals surface area contributed by atoms with Crippen LogP contribution in [0.1, 0.15) is 31.1 Å². The predicted octanol–water partition coefficient (Wildman–Crippen LogP) is 5.34. The van der Waals surface area contributed by atoms with Crippen LogP contribution >= 0.6 is 22.9 Å². The molecule has 0 radical (unpaired) electrons. The zero-order chi connectivity index (χ0) is 20.8. The van der Waals surface area contributed by atoms with Gasteiger partial charge in [-0.1, -0.05) is 36.8 Å².